The Morgan fingerprint density at radius 1 is 1.00 bits per heavy atom. The summed E-state index contributed by atoms with van der Waals surface area (Å²) >= 11 is 0. The van der Waals surface area contributed by atoms with Gasteiger partial charge >= 0.3 is 55.6 Å². The van der Waals surface area contributed by atoms with Crippen molar-refractivity contribution in [3.63, 3.8) is 0 Å². The second-order valence-electron chi connectivity index (χ2n) is 2.47. The fraction of sp³-hybridized carbons (Fsp3) is 0.571. The molecule has 0 rings (SSSR count). The van der Waals surface area contributed by atoms with Gasteiger partial charge < -0.3 is 25.5 Å². The number of hydrogen-bond donors (Lipinski definition) is 5. The molecule has 0 bridgehead atoms. The van der Waals surface area contributed by atoms with Crippen molar-refractivity contribution in [1.29, 1.82) is 0 Å². The molecule has 8 nitrogen and oxygen atoms in total. The Bertz CT molecular complexity index is 239. The molecule has 16 heavy (non-hydrogen) atoms. The van der Waals surface area contributed by atoms with Crippen molar-refractivity contribution >= 4 is 55.6 Å². The zero-order valence-corrected chi connectivity index (χ0v) is 10.7. The zero-order chi connectivity index (χ0) is 12.6. The second-order valence-corrected chi connectivity index (χ2v) is 2.47. The summed E-state index contributed by atoms with van der Waals surface area (Å²) in [6.45, 7) is 1.20. The van der Waals surface area contributed by atoms with Gasteiger partial charge in [-0.15, -0.1) is 0 Å². The summed E-state index contributed by atoms with van der Waals surface area (Å²) in [6.07, 6.45) is -3.78. The third-order valence-electron chi connectivity index (χ3n) is 1.01. The monoisotopic (exact) mass is 264 g/mol. The van der Waals surface area contributed by atoms with E-state index < -0.39 is 36.5 Å². The molecule has 0 aliphatic rings. The molecule has 88 valence electrons. The first-order valence-electron chi connectivity index (χ1n) is 3.72. The predicted octanol–water partition coefficient (Wildman–Crippen LogP) is -2.02. The van der Waals surface area contributed by atoms with Crippen LogP contribution in [0.5, 0.6) is 0 Å². The van der Waals surface area contributed by atoms with E-state index in [0.29, 0.717) is 0 Å². The smallest absolute Gasteiger partial charge is 0.481 e. The molecule has 0 aliphatic heterocycles. The van der Waals surface area contributed by atoms with Crippen LogP contribution >= 0.6 is 0 Å². The molecule has 0 saturated heterocycles. The maximum atomic E-state index is 9.72. The Morgan fingerprint density at radius 3 is 1.38 bits per heavy atom. The molecule has 0 aromatic heterocycles. The number of aliphatic hydroxyl groups excluding tert-OH is 2. The molecule has 0 aromatic carbocycles. The number of aliphatic hydroxyl groups is 2. The van der Waals surface area contributed by atoms with E-state index in [2.05, 4.69) is 0 Å². The Kier molecular flexibility index (Phi) is 14.5. The molecule has 5 N–H and O–H groups in total. The van der Waals surface area contributed by atoms with Crippen LogP contribution in [0.25, 0.3) is 0 Å². The normalized spacial score (nSPS) is 12.2. The summed E-state index contributed by atoms with van der Waals surface area (Å²) in [4.78, 5) is 28.9. The second kappa shape index (κ2) is 11.1. The van der Waals surface area contributed by atoms with Crippen LogP contribution in [0.4, 0.5) is 0 Å². The summed E-state index contributed by atoms with van der Waals surface area (Å²) in [5.41, 5.74) is 0. The third-order valence-corrected chi connectivity index (χ3v) is 1.01. The third kappa shape index (κ3) is 16.0. The van der Waals surface area contributed by atoms with Gasteiger partial charge in [0.1, 0.15) is 6.10 Å². The largest absolute Gasteiger partial charge is 2.00 e. The molecule has 0 amide bonds. The van der Waals surface area contributed by atoms with E-state index in [-0.39, 0.29) is 37.7 Å². The van der Waals surface area contributed by atoms with Crippen LogP contribution in [0.1, 0.15) is 13.3 Å². The van der Waals surface area contributed by atoms with E-state index in [4.69, 9.17) is 25.5 Å². The van der Waals surface area contributed by atoms with Gasteiger partial charge in [-0.3, -0.25) is 4.79 Å². The average Bonchev–Trinajstić information content (AvgIpc) is 2.03. The molecule has 0 aromatic rings. The number of carboxylic acid groups (broad SMARTS) is 3. The van der Waals surface area contributed by atoms with E-state index in [9.17, 15) is 14.4 Å². The maximum absolute atomic E-state index is 9.72. The summed E-state index contributed by atoms with van der Waals surface area (Å²) in [5.74, 6) is -4.03. The molecular formula is C7H12CaO8+2. The van der Waals surface area contributed by atoms with Crippen molar-refractivity contribution in [3.8, 4) is 0 Å². The molecule has 0 spiro atoms. The van der Waals surface area contributed by atoms with E-state index in [1.165, 1.54) is 6.92 Å². The molecule has 0 aliphatic carbocycles. The summed E-state index contributed by atoms with van der Waals surface area (Å²) in [5, 5.41) is 39.9. The molecule has 0 radical (unpaired) electrons. The minimum absolute atomic E-state index is 0. The molecule has 9 heteroatoms. The van der Waals surface area contributed by atoms with Crippen LogP contribution < -0.4 is 0 Å². The standard InChI is InChI=1S/C4H6O5.C3H6O3.Ca/c5-2(4(8)9)1-3(6)7;1-2(4)3(5)6;/h2,5H,1H2,(H,6,7)(H,8,9);2,4H,1H3,(H,5,6);/q;;+2. The van der Waals surface area contributed by atoms with Crippen LogP contribution in [0.15, 0.2) is 0 Å². The van der Waals surface area contributed by atoms with Gasteiger partial charge in [-0.25, -0.2) is 9.59 Å². The fourth-order valence-electron chi connectivity index (χ4n) is 0.253. The predicted molar refractivity (Wildman–Crippen MR) is 51.0 cm³/mol. The number of carbonyl (C=O) groups is 3. The van der Waals surface area contributed by atoms with Gasteiger partial charge in [0.15, 0.2) is 6.10 Å². The molecule has 0 saturated carbocycles. The Morgan fingerprint density at radius 2 is 1.31 bits per heavy atom. The fourth-order valence-corrected chi connectivity index (χ4v) is 0.253. The van der Waals surface area contributed by atoms with Gasteiger partial charge in [-0.2, -0.15) is 0 Å². The van der Waals surface area contributed by atoms with Crippen LogP contribution in [0.3, 0.4) is 0 Å². The Labute approximate surface area is 121 Å². The van der Waals surface area contributed by atoms with Crippen LogP contribution in [-0.4, -0.2) is 93.4 Å². The van der Waals surface area contributed by atoms with Crippen molar-refractivity contribution in [1.82, 2.24) is 0 Å². The van der Waals surface area contributed by atoms with E-state index in [0.717, 1.165) is 0 Å². The van der Waals surface area contributed by atoms with Gasteiger partial charge in [-0.1, -0.05) is 0 Å². The first-order chi connectivity index (χ1) is 6.68. The van der Waals surface area contributed by atoms with Crippen LogP contribution in [0, 0.1) is 0 Å². The molecule has 0 heterocycles. The minimum Gasteiger partial charge on any atom is -0.481 e. The van der Waals surface area contributed by atoms with E-state index >= 15 is 0 Å². The van der Waals surface area contributed by atoms with Crippen molar-refractivity contribution < 1.29 is 39.9 Å². The number of aliphatic carboxylic acids is 3. The summed E-state index contributed by atoms with van der Waals surface area (Å²) in [6, 6.07) is 0. The van der Waals surface area contributed by atoms with Gasteiger partial charge in [0.2, 0.25) is 0 Å². The van der Waals surface area contributed by atoms with E-state index in [1.807, 2.05) is 0 Å². The van der Waals surface area contributed by atoms with Gasteiger partial charge in [0, 0.05) is 0 Å². The van der Waals surface area contributed by atoms with E-state index in [1.54, 1.807) is 0 Å². The summed E-state index contributed by atoms with van der Waals surface area (Å²) in [7, 11) is 0. The molecule has 0 fully saturated rings. The van der Waals surface area contributed by atoms with Crippen molar-refractivity contribution in [2.45, 2.75) is 25.6 Å². The molecule has 2 unspecified atom stereocenters. The van der Waals surface area contributed by atoms with Crippen LogP contribution in [0.2, 0.25) is 0 Å². The number of carboxylic acids is 3. The Hall–Kier alpha value is -0.410. The topological polar surface area (TPSA) is 152 Å². The first-order valence-corrected chi connectivity index (χ1v) is 3.72. The van der Waals surface area contributed by atoms with Crippen LogP contribution in [-0.2, 0) is 14.4 Å². The van der Waals surface area contributed by atoms with Gasteiger partial charge in [0.05, 0.1) is 6.42 Å². The van der Waals surface area contributed by atoms with Crippen molar-refractivity contribution in [2.24, 2.45) is 0 Å². The van der Waals surface area contributed by atoms with Gasteiger partial charge in [0.25, 0.3) is 0 Å². The zero-order valence-electron chi connectivity index (χ0n) is 8.53. The number of hydrogen-bond acceptors (Lipinski definition) is 5. The minimum atomic E-state index is -1.79. The average molecular weight is 264 g/mol. The SMILES string of the molecule is CC(O)C(=O)O.O=C(O)CC(O)C(=O)O.[Ca+2]. The van der Waals surface area contributed by atoms with Crippen molar-refractivity contribution in [2.75, 3.05) is 0 Å². The Balaban J connectivity index is -0.000000214. The quantitative estimate of drug-likeness (QED) is 0.365. The molecular weight excluding hydrogens is 252 g/mol. The summed E-state index contributed by atoms with van der Waals surface area (Å²) < 4.78 is 0. The maximum Gasteiger partial charge on any atom is 2.00 e. The molecule has 2 atom stereocenters. The number of rotatable bonds is 4. The van der Waals surface area contributed by atoms with Crippen molar-refractivity contribution in [3.05, 3.63) is 0 Å². The van der Waals surface area contributed by atoms with Gasteiger partial charge in [-0.05, 0) is 6.92 Å². The first kappa shape index (κ1) is 20.9.